The molecule has 0 spiro atoms. The van der Waals surface area contributed by atoms with Crippen LogP contribution in [-0.2, 0) is 11.1 Å². The molecule has 0 fully saturated rings. The van der Waals surface area contributed by atoms with E-state index in [1.165, 1.54) is 0 Å². The second kappa shape index (κ2) is 7.20. The maximum Gasteiger partial charge on any atom is 0.227 e. The molecule has 1 aromatic heterocycles. The third kappa shape index (κ3) is 3.42. The Kier molecular flexibility index (Phi) is 4.83. The molecule has 1 heterocycles. The number of rotatable bonds is 5. The van der Waals surface area contributed by atoms with Gasteiger partial charge in [-0.1, -0.05) is 36.4 Å². The molecule has 0 aliphatic rings. The lowest BCUT2D eigenvalue weighted by molar-refractivity contribution is 0.564. The van der Waals surface area contributed by atoms with Gasteiger partial charge in [-0.15, -0.1) is 0 Å². The lowest BCUT2D eigenvalue weighted by Crippen LogP contribution is -2.03. The Hall–Kier alpha value is -2.77. The molecule has 122 valence electrons. The highest BCUT2D eigenvalue weighted by Crippen LogP contribution is 2.31. The molecule has 0 bridgehead atoms. The monoisotopic (exact) mass is 340 g/mol. The molecule has 0 saturated carbocycles. The zero-order chi connectivity index (χ0) is 16.9. The average molecular weight is 340 g/mol. The molecule has 3 N–H and O–H groups in total. The minimum Gasteiger partial charge on any atom is -0.385 e. The van der Waals surface area contributed by atoms with Gasteiger partial charge >= 0.3 is 0 Å². The molecule has 0 saturated heterocycles. The fourth-order valence-electron chi connectivity index (χ4n) is 2.30. The van der Waals surface area contributed by atoms with Gasteiger partial charge in [0.1, 0.15) is 5.69 Å². The van der Waals surface area contributed by atoms with Gasteiger partial charge in [-0.2, -0.15) is 0 Å². The van der Waals surface area contributed by atoms with Crippen molar-refractivity contribution in [2.75, 3.05) is 17.7 Å². The van der Waals surface area contributed by atoms with Crippen molar-refractivity contribution >= 4 is 28.4 Å². The normalized spacial score (nSPS) is 11.8. The van der Waals surface area contributed by atoms with E-state index in [4.69, 9.17) is 0 Å². The van der Waals surface area contributed by atoms with Gasteiger partial charge in [-0.25, -0.2) is 14.2 Å². The Labute approximate surface area is 142 Å². The highest BCUT2D eigenvalue weighted by atomic mass is 32.2. The second-order valence-electron chi connectivity index (χ2n) is 4.94. The Morgan fingerprint density at radius 2 is 1.75 bits per heavy atom. The zero-order valence-electron chi connectivity index (χ0n) is 12.9. The number of para-hydroxylation sites is 1. The van der Waals surface area contributed by atoms with Crippen LogP contribution in [0.2, 0.25) is 0 Å². The van der Waals surface area contributed by atoms with Gasteiger partial charge in [-0.05, 0) is 18.2 Å². The van der Waals surface area contributed by atoms with Gasteiger partial charge in [0, 0.05) is 18.3 Å². The molecule has 0 radical (unpaired) electrons. The van der Waals surface area contributed by atoms with Gasteiger partial charge in [0.2, 0.25) is 5.95 Å². The van der Waals surface area contributed by atoms with Crippen molar-refractivity contribution < 1.29 is 8.76 Å². The van der Waals surface area contributed by atoms with Crippen LogP contribution in [0.25, 0.3) is 11.3 Å². The largest absolute Gasteiger partial charge is 0.385 e. The molecule has 0 aliphatic carbocycles. The first-order valence-corrected chi connectivity index (χ1v) is 8.37. The van der Waals surface area contributed by atoms with Crippen molar-refractivity contribution in [1.29, 1.82) is 0 Å². The van der Waals surface area contributed by atoms with Gasteiger partial charge in [0.25, 0.3) is 0 Å². The van der Waals surface area contributed by atoms with Crippen molar-refractivity contribution in [2.24, 2.45) is 0 Å². The van der Waals surface area contributed by atoms with E-state index in [2.05, 4.69) is 20.6 Å². The predicted molar refractivity (Wildman–Crippen MR) is 95.8 cm³/mol. The van der Waals surface area contributed by atoms with Crippen LogP contribution in [0.3, 0.4) is 0 Å². The summed E-state index contributed by atoms with van der Waals surface area (Å²) in [4.78, 5) is 9.11. The summed E-state index contributed by atoms with van der Waals surface area (Å²) in [6.45, 7) is 0. The van der Waals surface area contributed by atoms with Gasteiger partial charge in [0.15, 0.2) is 11.1 Å². The quantitative estimate of drug-likeness (QED) is 0.616. The van der Waals surface area contributed by atoms with Crippen molar-refractivity contribution in [2.45, 2.75) is 4.90 Å². The highest BCUT2D eigenvalue weighted by molar-refractivity contribution is 7.79. The lowest BCUT2D eigenvalue weighted by Gasteiger charge is -2.13. The molecular formula is C17H16N4O2S. The molecule has 6 nitrogen and oxygen atoms in total. The van der Waals surface area contributed by atoms with Gasteiger partial charge in [0.05, 0.1) is 16.8 Å². The summed E-state index contributed by atoms with van der Waals surface area (Å²) in [5.74, 6) is 0.411. The summed E-state index contributed by atoms with van der Waals surface area (Å²) in [6, 6.07) is 16.5. The van der Waals surface area contributed by atoms with E-state index in [9.17, 15) is 8.76 Å². The molecule has 3 rings (SSSR count). The van der Waals surface area contributed by atoms with Gasteiger partial charge in [-0.3, -0.25) is 0 Å². The second-order valence-corrected chi connectivity index (χ2v) is 5.88. The van der Waals surface area contributed by atoms with E-state index in [-0.39, 0.29) is 0 Å². The zero-order valence-corrected chi connectivity index (χ0v) is 13.7. The maximum absolute atomic E-state index is 11.6. The van der Waals surface area contributed by atoms with Crippen LogP contribution in [0, 0.1) is 0 Å². The predicted octanol–water partition coefficient (Wildman–Crippen LogP) is 3.51. The Bertz CT molecular complexity index is 871. The van der Waals surface area contributed by atoms with Crippen LogP contribution in [-0.4, -0.2) is 25.8 Å². The molecule has 0 aliphatic heterocycles. The van der Waals surface area contributed by atoms with E-state index in [0.29, 0.717) is 27.8 Å². The van der Waals surface area contributed by atoms with Crippen LogP contribution < -0.4 is 10.6 Å². The fourth-order valence-corrected chi connectivity index (χ4v) is 2.84. The molecule has 24 heavy (non-hydrogen) atoms. The van der Waals surface area contributed by atoms with E-state index in [0.717, 1.165) is 5.69 Å². The number of nitrogens with zero attached hydrogens (tertiary/aromatic N) is 2. The van der Waals surface area contributed by atoms with E-state index >= 15 is 0 Å². The SMILES string of the molecule is CNc1cnc(Nc2ccccc2)nc1-c1ccccc1S(=O)O. The topological polar surface area (TPSA) is 87.1 Å². The average Bonchev–Trinajstić information content (AvgIpc) is 2.62. The Morgan fingerprint density at radius 1 is 1.04 bits per heavy atom. The fraction of sp³-hybridized carbons (Fsp3) is 0.0588. The minimum atomic E-state index is -2.10. The van der Waals surface area contributed by atoms with Crippen LogP contribution in [0.15, 0.2) is 65.7 Å². The number of nitrogens with one attached hydrogen (secondary N) is 2. The third-order valence-electron chi connectivity index (χ3n) is 3.42. The van der Waals surface area contributed by atoms with Crippen LogP contribution in [0.5, 0.6) is 0 Å². The van der Waals surface area contributed by atoms with Crippen LogP contribution >= 0.6 is 0 Å². The maximum atomic E-state index is 11.6. The summed E-state index contributed by atoms with van der Waals surface area (Å²) < 4.78 is 21.1. The van der Waals surface area contributed by atoms with Crippen LogP contribution in [0.4, 0.5) is 17.3 Å². The van der Waals surface area contributed by atoms with Gasteiger partial charge < -0.3 is 15.2 Å². The van der Waals surface area contributed by atoms with E-state index in [1.54, 1.807) is 37.5 Å². The first-order chi connectivity index (χ1) is 11.7. The molecule has 7 heteroatoms. The Balaban J connectivity index is 2.07. The number of hydrogen-bond donors (Lipinski definition) is 3. The van der Waals surface area contributed by atoms with Crippen LogP contribution in [0.1, 0.15) is 0 Å². The van der Waals surface area contributed by atoms with Crippen molar-refractivity contribution in [3.63, 3.8) is 0 Å². The first-order valence-electron chi connectivity index (χ1n) is 7.26. The Morgan fingerprint density at radius 3 is 2.46 bits per heavy atom. The summed E-state index contributed by atoms with van der Waals surface area (Å²) in [5, 5.41) is 6.14. The van der Waals surface area contributed by atoms with Crippen molar-refractivity contribution in [3.8, 4) is 11.3 Å². The number of hydrogen-bond acceptors (Lipinski definition) is 5. The smallest absolute Gasteiger partial charge is 0.227 e. The first kappa shape index (κ1) is 16.1. The van der Waals surface area contributed by atoms with E-state index < -0.39 is 11.1 Å². The highest BCUT2D eigenvalue weighted by Gasteiger charge is 2.15. The number of benzene rings is 2. The summed E-state index contributed by atoms with van der Waals surface area (Å²) in [7, 11) is 1.75. The standard InChI is InChI=1S/C17H16N4O2S/c1-18-14-11-19-17(20-12-7-3-2-4-8-12)21-16(14)13-9-5-6-10-15(13)24(22)23/h2-11,18H,1H3,(H,22,23)(H,19,20,21). The summed E-state index contributed by atoms with van der Waals surface area (Å²) in [6.07, 6.45) is 1.64. The molecule has 1 unspecified atom stereocenters. The summed E-state index contributed by atoms with van der Waals surface area (Å²) >= 11 is -2.10. The molecular weight excluding hydrogens is 324 g/mol. The number of anilines is 3. The summed E-state index contributed by atoms with van der Waals surface area (Å²) in [5.41, 5.74) is 2.68. The molecule has 1 atom stereocenters. The minimum absolute atomic E-state index is 0.304. The van der Waals surface area contributed by atoms with Crippen molar-refractivity contribution in [3.05, 3.63) is 60.8 Å². The number of aromatic nitrogens is 2. The molecule has 0 amide bonds. The van der Waals surface area contributed by atoms with E-state index in [1.807, 2.05) is 30.3 Å². The molecule has 3 aromatic rings. The molecule has 2 aromatic carbocycles. The lowest BCUT2D eigenvalue weighted by atomic mass is 10.1. The third-order valence-corrected chi connectivity index (χ3v) is 4.15. The van der Waals surface area contributed by atoms with Crippen molar-refractivity contribution in [1.82, 2.24) is 9.97 Å².